The molecule has 1 aliphatic heterocycles. The average Bonchev–Trinajstić information content (AvgIpc) is 3.24. The van der Waals surface area contributed by atoms with Gasteiger partial charge in [0.1, 0.15) is 23.4 Å². The maximum absolute atomic E-state index is 13.1. The fourth-order valence-electron chi connectivity index (χ4n) is 3.66. The lowest BCUT2D eigenvalue weighted by molar-refractivity contribution is -0.153. The quantitative estimate of drug-likeness (QED) is 0.551. The van der Waals surface area contributed by atoms with Crippen molar-refractivity contribution in [2.45, 2.75) is 39.0 Å². The molecule has 0 N–H and O–H groups in total. The molecule has 0 saturated heterocycles. The summed E-state index contributed by atoms with van der Waals surface area (Å²) >= 11 is 1.46. The van der Waals surface area contributed by atoms with E-state index in [1.165, 1.54) is 24.0 Å². The van der Waals surface area contributed by atoms with Crippen molar-refractivity contribution in [2.24, 2.45) is 0 Å². The number of esters is 1. The number of methoxy groups -OCH3 is 1. The van der Waals surface area contributed by atoms with E-state index in [4.69, 9.17) is 9.47 Å². The molecule has 0 fully saturated rings. The fraction of sp³-hybridized carbons (Fsp3) is 0.292. The van der Waals surface area contributed by atoms with Crippen LogP contribution in [0.25, 0.3) is 0 Å². The van der Waals surface area contributed by atoms with Crippen molar-refractivity contribution in [3.63, 3.8) is 0 Å². The van der Waals surface area contributed by atoms with Crippen LogP contribution in [0.1, 0.15) is 27.4 Å². The summed E-state index contributed by atoms with van der Waals surface area (Å²) in [7, 11) is 1.35. The van der Waals surface area contributed by atoms with Crippen molar-refractivity contribution in [2.75, 3.05) is 7.11 Å². The van der Waals surface area contributed by atoms with Gasteiger partial charge in [0, 0.05) is 18.3 Å². The van der Waals surface area contributed by atoms with E-state index in [0.29, 0.717) is 25.3 Å². The summed E-state index contributed by atoms with van der Waals surface area (Å²) in [6.45, 7) is 2.77. The monoisotopic (exact) mass is 436 g/mol. The van der Waals surface area contributed by atoms with Crippen LogP contribution in [-0.4, -0.2) is 34.9 Å². The molecule has 2 aromatic carbocycles. The minimum absolute atomic E-state index is 0.136. The third-order valence-corrected chi connectivity index (χ3v) is 6.23. The zero-order chi connectivity index (χ0) is 21.8. The van der Waals surface area contributed by atoms with Gasteiger partial charge in [-0.15, -0.1) is 11.3 Å². The molecule has 6 nitrogen and oxygen atoms in total. The molecule has 0 spiro atoms. The summed E-state index contributed by atoms with van der Waals surface area (Å²) in [5.41, 5.74) is 3.99. The van der Waals surface area contributed by atoms with Crippen LogP contribution >= 0.6 is 11.3 Å². The maximum atomic E-state index is 13.1. The number of amides is 1. The largest absolute Gasteiger partial charge is 0.486 e. The number of hydrogen-bond donors (Lipinski definition) is 0. The number of carbonyl (C=O) groups excluding carboxylic acids is 2. The Labute approximate surface area is 185 Å². The first-order valence-corrected chi connectivity index (χ1v) is 11.0. The summed E-state index contributed by atoms with van der Waals surface area (Å²) in [6, 6.07) is 15.1. The minimum Gasteiger partial charge on any atom is -0.486 e. The second-order valence-corrected chi connectivity index (χ2v) is 8.49. The van der Waals surface area contributed by atoms with Crippen LogP contribution in [0.4, 0.5) is 0 Å². The normalized spacial score (nSPS) is 15.3. The average molecular weight is 437 g/mol. The van der Waals surface area contributed by atoms with Crippen molar-refractivity contribution in [3.05, 3.63) is 81.3 Å². The predicted molar refractivity (Wildman–Crippen MR) is 118 cm³/mol. The Balaban J connectivity index is 1.42. The Morgan fingerprint density at radius 3 is 2.61 bits per heavy atom. The molecule has 1 aromatic heterocycles. The Kier molecular flexibility index (Phi) is 6.32. The van der Waals surface area contributed by atoms with Crippen LogP contribution in [0.3, 0.4) is 0 Å². The number of thiazole rings is 1. The van der Waals surface area contributed by atoms with Gasteiger partial charge in [-0.2, -0.15) is 0 Å². The highest BCUT2D eigenvalue weighted by Crippen LogP contribution is 2.25. The van der Waals surface area contributed by atoms with Gasteiger partial charge in [0.15, 0.2) is 0 Å². The lowest BCUT2D eigenvalue weighted by Crippen LogP contribution is -2.49. The second kappa shape index (κ2) is 9.31. The number of hydrogen-bond acceptors (Lipinski definition) is 6. The van der Waals surface area contributed by atoms with E-state index in [9.17, 15) is 9.59 Å². The molecular formula is C24H24N2O4S. The smallest absolute Gasteiger partial charge is 0.328 e. The molecule has 4 rings (SSSR count). The summed E-state index contributed by atoms with van der Waals surface area (Å²) in [5, 5.41) is 2.67. The zero-order valence-corrected chi connectivity index (χ0v) is 18.4. The predicted octanol–water partition coefficient (Wildman–Crippen LogP) is 3.70. The van der Waals surface area contributed by atoms with Gasteiger partial charge in [-0.1, -0.05) is 42.0 Å². The maximum Gasteiger partial charge on any atom is 0.328 e. The van der Waals surface area contributed by atoms with Crippen LogP contribution in [0.5, 0.6) is 5.75 Å². The molecule has 7 heteroatoms. The van der Waals surface area contributed by atoms with Gasteiger partial charge >= 0.3 is 5.97 Å². The van der Waals surface area contributed by atoms with Gasteiger partial charge in [0.25, 0.3) is 0 Å². The van der Waals surface area contributed by atoms with Crippen molar-refractivity contribution < 1.29 is 19.1 Å². The number of aromatic nitrogens is 1. The van der Waals surface area contributed by atoms with Crippen molar-refractivity contribution in [1.29, 1.82) is 0 Å². The molecular weight excluding hydrogens is 412 g/mol. The van der Waals surface area contributed by atoms with Crippen LogP contribution in [-0.2, 0) is 40.3 Å². The number of rotatable bonds is 6. The molecule has 160 valence electrons. The highest BCUT2D eigenvalue weighted by molar-refractivity contribution is 7.09. The molecule has 0 bridgehead atoms. The van der Waals surface area contributed by atoms with Gasteiger partial charge < -0.3 is 14.4 Å². The molecule has 1 atom stereocenters. The number of carbonyl (C=O) groups is 2. The second-order valence-electron chi connectivity index (χ2n) is 7.54. The Morgan fingerprint density at radius 2 is 1.87 bits per heavy atom. The molecule has 0 aliphatic carbocycles. The van der Waals surface area contributed by atoms with Crippen LogP contribution in [0.2, 0.25) is 0 Å². The first kappa shape index (κ1) is 21.1. The number of nitrogens with zero attached hydrogens (tertiary/aromatic N) is 2. The number of aryl methyl sites for hydroxylation is 1. The van der Waals surface area contributed by atoms with Gasteiger partial charge in [0.2, 0.25) is 5.91 Å². The molecule has 1 aliphatic rings. The van der Waals surface area contributed by atoms with E-state index in [1.807, 2.05) is 60.8 Å². The molecule has 1 unspecified atom stereocenters. The Morgan fingerprint density at radius 1 is 1.13 bits per heavy atom. The molecule has 31 heavy (non-hydrogen) atoms. The van der Waals surface area contributed by atoms with E-state index in [1.54, 1.807) is 4.90 Å². The fourth-order valence-corrected chi connectivity index (χ4v) is 4.37. The summed E-state index contributed by atoms with van der Waals surface area (Å²) in [5.74, 6) is 0.251. The first-order valence-electron chi connectivity index (χ1n) is 10.1. The van der Waals surface area contributed by atoms with Gasteiger partial charge in [0.05, 0.1) is 19.2 Å². The molecule has 3 aromatic rings. The van der Waals surface area contributed by atoms with Crippen LogP contribution < -0.4 is 4.74 Å². The van der Waals surface area contributed by atoms with E-state index in [-0.39, 0.29) is 12.3 Å². The lowest BCUT2D eigenvalue weighted by atomic mass is 9.93. The van der Waals surface area contributed by atoms with Gasteiger partial charge in [-0.05, 0) is 30.2 Å². The third kappa shape index (κ3) is 4.94. The van der Waals surface area contributed by atoms with E-state index >= 15 is 0 Å². The van der Waals surface area contributed by atoms with Crippen molar-refractivity contribution in [1.82, 2.24) is 9.88 Å². The van der Waals surface area contributed by atoms with Crippen molar-refractivity contribution in [3.8, 4) is 5.75 Å². The van der Waals surface area contributed by atoms with Crippen LogP contribution in [0, 0.1) is 6.92 Å². The van der Waals surface area contributed by atoms with Crippen molar-refractivity contribution >= 4 is 23.2 Å². The summed E-state index contributed by atoms with van der Waals surface area (Å²) in [6.07, 6.45) is 0.595. The van der Waals surface area contributed by atoms with E-state index in [2.05, 4.69) is 4.98 Å². The van der Waals surface area contributed by atoms with E-state index < -0.39 is 12.0 Å². The molecule has 0 radical (unpaired) electrons. The molecule has 0 saturated carbocycles. The summed E-state index contributed by atoms with van der Waals surface area (Å²) < 4.78 is 10.7. The number of benzene rings is 2. The minimum atomic E-state index is -0.615. The Bertz CT molecular complexity index is 1080. The SMILES string of the molecule is COC(=O)C1Cc2ccccc2CN1C(=O)Cc1csc(COc2ccc(C)cc2)n1. The highest BCUT2D eigenvalue weighted by atomic mass is 32.1. The highest BCUT2D eigenvalue weighted by Gasteiger charge is 2.35. The zero-order valence-electron chi connectivity index (χ0n) is 17.5. The van der Waals surface area contributed by atoms with E-state index in [0.717, 1.165) is 21.9 Å². The number of ether oxygens (including phenoxy) is 2. The lowest BCUT2D eigenvalue weighted by Gasteiger charge is -2.35. The van der Waals surface area contributed by atoms with Crippen LogP contribution in [0.15, 0.2) is 53.9 Å². The summed E-state index contributed by atoms with van der Waals surface area (Å²) in [4.78, 5) is 31.6. The number of fused-ring (bicyclic) bond motifs is 1. The van der Waals surface area contributed by atoms with Gasteiger partial charge in [-0.3, -0.25) is 4.79 Å². The standard InChI is InChI=1S/C24H24N2O4S/c1-16-7-9-20(10-8-16)30-14-22-25-19(15-31-22)12-23(27)26-13-18-6-4-3-5-17(18)11-21(26)24(28)29-2/h3-10,15,21H,11-14H2,1-2H3. The first-order chi connectivity index (χ1) is 15.0. The Hall–Kier alpha value is -3.19. The van der Waals surface area contributed by atoms with Gasteiger partial charge in [-0.25, -0.2) is 9.78 Å². The molecule has 1 amide bonds. The third-order valence-electron chi connectivity index (χ3n) is 5.36. The molecule has 2 heterocycles. The topological polar surface area (TPSA) is 68.7 Å².